The molecule has 1 aliphatic carbocycles. The number of rotatable bonds is 3. The van der Waals surface area contributed by atoms with Crippen LogP contribution in [0.25, 0.3) is 0 Å². The first-order chi connectivity index (χ1) is 12.5. The van der Waals surface area contributed by atoms with Crippen LogP contribution < -0.4 is 0 Å². The molecule has 2 unspecified atom stereocenters. The lowest BCUT2D eigenvalue weighted by molar-refractivity contribution is -0.407. The van der Waals surface area contributed by atoms with Gasteiger partial charge in [0.05, 0.1) is 14.1 Å². The first kappa shape index (κ1) is 17.1. The summed E-state index contributed by atoms with van der Waals surface area (Å²) in [6.45, 7) is 2.11. The molecule has 4 rings (SSSR count). The van der Waals surface area contributed by atoms with E-state index in [1.807, 2.05) is 18.2 Å². The monoisotopic (exact) mass is 369 g/mol. The van der Waals surface area contributed by atoms with Gasteiger partial charge < -0.3 is 0 Å². The summed E-state index contributed by atoms with van der Waals surface area (Å²) in [4.78, 5) is 35.7. The van der Waals surface area contributed by atoms with Crippen molar-refractivity contribution in [2.24, 2.45) is 21.8 Å². The second-order valence-electron chi connectivity index (χ2n) is 6.90. The highest BCUT2D eigenvalue weighted by molar-refractivity contribution is 8.14. The van der Waals surface area contributed by atoms with Gasteiger partial charge in [-0.25, -0.2) is 9.79 Å². The van der Waals surface area contributed by atoms with Gasteiger partial charge in [0.2, 0.25) is 5.84 Å². The van der Waals surface area contributed by atoms with Gasteiger partial charge in [0.15, 0.2) is 5.92 Å². The fraction of sp³-hybridized carbons (Fsp3) is 0.421. The smallest absolute Gasteiger partial charge is 0.255 e. The largest absolute Gasteiger partial charge is 0.445 e. The summed E-state index contributed by atoms with van der Waals surface area (Å²) in [5.41, 5.74) is 1.18. The Bertz CT molecular complexity index is 871. The highest BCUT2D eigenvalue weighted by Gasteiger charge is 2.50. The van der Waals surface area contributed by atoms with Crippen LogP contribution in [0.5, 0.6) is 0 Å². The molecule has 1 aromatic carbocycles. The number of nitrogens with zero attached hydrogens (tertiary/aromatic N) is 4. The lowest BCUT2D eigenvalue weighted by atomic mass is 10.0. The first-order valence-electron chi connectivity index (χ1n) is 8.78. The number of thioether (sulfide) groups is 1. The molecule has 0 N–H and O–H groups in total. The molecule has 1 saturated carbocycles. The Morgan fingerprint density at radius 1 is 1.19 bits per heavy atom. The number of amidine groups is 2. The summed E-state index contributed by atoms with van der Waals surface area (Å²) < 4.78 is 1.48. The molecule has 2 aliphatic heterocycles. The van der Waals surface area contributed by atoms with Gasteiger partial charge in [-0.2, -0.15) is 9.48 Å². The second kappa shape index (κ2) is 6.46. The van der Waals surface area contributed by atoms with Crippen molar-refractivity contribution in [1.82, 2.24) is 4.90 Å². The SMILES string of the molecule is CC(SC1=NC(C2CC2)=NC2=[N+](C)C(=O)N(C)C(=O)C12)c1ccccc1. The van der Waals surface area contributed by atoms with Crippen LogP contribution in [0.1, 0.15) is 30.6 Å². The molecular weight excluding hydrogens is 348 g/mol. The number of fused-ring (bicyclic) bond motifs is 1. The average Bonchev–Trinajstić information content (AvgIpc) is 3.50. The second-order valence-corrected chi connectivity index (χ2v) is 8.26. The van der Waals surface area contributed by atoms with Gasteiger partial charge in [-0.15, -0.1) is 11.8 Å². The molecule has 0 spiro atoms. The van der Waals surface area contributed by atoms with E-state index >= 15 is 0 Å². The average molecular weight is 369 g/mol. The highest BCUT2D eigenvalue weighted by Crippen LogP contribution is 2.38. The first-order valence-corrected chi connectivity index (χ1v) is 9.66. The topological polar surface area (TPSA) is 65.1 Å². The fourth-order valence-electron chi connectivity index (χ4n) is 3.18. The van der Waals surface area contributed by atoms with E-state index in [4.69, 9.17) is 4.99 Å². The maximum absolute atomic E-state index is 12.8. The summed E-state index contributed by atoms with van der Waals surface area (Å²) in [7, 11) is 3.19. The van der Waals surface area contributed by atoms with Crippen molar-refractivity contribution in [1.29, 1.82) is 0 Å². The van der Waals surface area contributed by atoms with E-state index in [-0.39, 0.29) is 17.2 Å². The molecule has 2 heterocycles. The van der Waals surface area contributed by atoms with Crippen LogP contribution in [0.3, 0.4) is 0 Å². The normalized spacial score (nSPS) is 24.3. The Balaban J connectivity index is 1.73. The zero-order chi connectivity index (χ0) is 18.4. The number of imide groups is 1. The van der Waals surface area contributed by atoms with Gasteiger partial charge >= 0.3 is 11.9 Å². The molecule has 26 heavy (non-hydrogen) atoms. The number of carbonyl (C=O) groups is 2. The zero-order valence-electron chi connectivity index (χ0n) is 15.0. The number of hydrogen-bond donors (Lipinski definition) is 0. The van der Waals surface area contributed by atoms with Crippen molar-refractivity contribution in [3.8, 4) is 0 Å². The van der Waals surface area contributed by atoms with Gasteiger partial charge in [-0.1, -0.05) is 35.3 Å². The van der Waals surface area contributed by atoms with Crippen molar-refractivity contribution in [3.63, 3.8) is 0 Å². The van der Waals surface area contributed by atoms with Gasteiger partial charge in [0.25, 0.3) is 5.84 Å². The predicted molar refractivity (Wildman–Crippen MR) is 103 cm³/mol. The van der Waals surface area contributed by atoms with Gasteiger partial charge in [-0.3, -0.25) is 4.79 Å². The van der Waals surface area contributed by atoms with Crippen molar-refractivity contribution in [2.45, 2.75) is 25.0 Å². The standard InChI is InChI=1S/C19H21N4O2S/c1-11(12-7-5-4-6-8-12)26-17-14-16(20-15(21-17)13-9-10-13)22(2)19(25)23(3)18(14)24/h4-8,11,13-14H,9-10H2,1-3H3/q+1. The molecule has 0 saturated heterocycles. The van der Waals surface area contributed by atoms with Gasteiger partial charge in [0.1, 0.15) is 5.04 Å². The van der Waals surface area contributed by atoms with Gasteiger partial charge in [-0.05, 0) is 25.3 Å². The molecular formula is C19H21N4O2S+. The molecule has 6 nitrogen and oxygen atoms in total. The minimum atomic E-state index is -0.596. The number of aliphatic imine (C=N–C) groups is 2. The molecule has 134 valence electrons. The maximum Gasteiger partial charge on any atom is 0.445 e. The summed E-state index contributed by atoms with van der Waals surface area (Å²) in [5, 5.41) is 0.889. The van der Waals surface area contributed by atoms with E-state index in [9.17, 15) is 9.59 Å². The number of amides is 3. The third kappa shape index (κ3) is 2.90. The van der Waals surface area contributed by atoms with Crippen LogP contribution in [0, 0.1) is 11.8 Å². The maximum atomic E-state index is 12.8. The van der Waals surface area contributed by atoms with E-state index < -0.39 is 5.92 Å². The molecule has 3 amide bonds. The van der Waals surface area contributed by atoms with Crippen LogP contribution >= 0.6 is 11.8 Å². The lowest BCUT2D eigenvalue weighted by Gasteiger charge is -2.27. The van der Waals surface area contributed by atoms with Crippen molar-refractivity contribution < 1.29 is 14.2 Å². The quantitative estimate of drug-likeness (QED) is 0.770. The Morgan fingerprint density at radius 3 is 2.54 bits per heavy atom. The summed E-state index contributed by atoms with van der Waals surface area (Å²) >= 11 is 1.58. The van der Waals surface area contributed by atoms with Crippen molar-refractivity contribution in [3.05, 3.63) is 35.9 Å². The molecule has 3 aliphatic rings. The third-order valence-corrected chi connectivity index (χ3v) is 6.16. The van der Waals surface area contributed by atoms with Crippen LogP contribution in [0.2, 0.25) is 0 Å². The Hall–Kier alpha value is -2.28. The summed E-state index contributed by atoms with van der Waals surface area (Å²) in [6, 6.07) is 9.81. The molecule has 1 aromatic rings. The third-order valence-electron chi connectivity index (χ3n) is 4.96. The molecule has 2 atom stereocenters. The minimum absolute atomic E-state index is 0.149. The summed E-state index contributed by atoms with van der Waals surface area (Å²) in [6.07, 6.45) is 2.13. The molecule has 0 aromatic heterocycles. The molecule has 0 bridgehead atoms. The summed E-state index contributed by atoms with van der Waals surface area (Å²) in [5.74, 6) is 0.771. The molecule has 1 fully saturated rings. The van der Waals surface area contributed by atoms with Crippen LogP contribution in [-0.2, 0) is 4.79 Å². The van der Waals surface area contributed by atoms with E-state index in [0.29, 0.717) is 11.8 Å². The molecule has 0 radical (unpaired) electrons. The van der Waals surface area contributed by atoms with Gasteiger partial charge in [0, 0.05) is 11.2 Å². The minimum Gasteiger partial charge on any atom is -0.255 e. The zero-order valence-corrected chi connectivity index (χ0v) is 15.9. The van der Waals surface area contributed by atoms with Crippen LogP contribution in [0.4, 0.5) is 4.79 Å². The molecule has 7 heteroatoms. The Kier molecular flexibility index (Phi) is 4.26. The lowest BCUT2D eigenvalue weighted by Crippen LogP contribution is -2.54. The van der Waals surface area contributed by atoms with E-state index in [2.05, 4.69) is 24.0 Å². The number of hydrogen-bond acceptors (Lipinski definition) is 5. The van der Waals surface area contributed by atoms with Crippen molar-refractivity contribution >= 4 is 40.4 Å². The fourth-order valence-corrected chi connectivity index (χ4v) is 4.33. The van der Waals surface area contributed by atoms with E-state index in [0.717, 1.165) is 28.6 Å². The highest BCUT2D eigenvalue weighted by atomic mass is 32.2. The van der Waals surface area contributed by atoms with E-state index in [1.165, 1.54) is 17.2 Å². The number of carbonyl (C=O) groups excluding carboxylic acids is 2. The van der Waals surface area contributed by atoms with Crippen LogP contribution in [-0.4, -0.2) is 52.2 Å². The van der Waals surface area contributed by atoms with E-state index in [1.54, 1.807) is 18.8 Å². The predicted octanol–water partition coefficient (Wildman–Crippen LogP) is 2.95. The van der Waals surface area contributed by atoms with Crippen molar-refractivity contribution in [2.75, 3.05) is 14.1 Å². The van der Waals surface area contributed by atoms with Crippen LogP contribution in [0.15, 0.2) is 40.3 Å². The number of benzene rings is 1. The Morgan fingerprint density at radius 2 is 1.88 bits per heavy atom. The number of urea groups is 1. The Labute approximate surface area is 156 Å².